The summed E-state index contributed by atoms with van der Waals surface area (Å²) in [6, 6.07) is 10.3. The smallest absolute Gasteiger partial charge is 0.304 e. The van der Waals surface area contributed by atoms with E-state index in [2.05, 4.69) is 37.8 Å². The Balaban J connectivity index is 2.42. The fourth-order valence-corrected chi connectivity index (χ4v) is 2.70. The average molecular weight is 281 g/mol. The van der Waals surface area contributed by atoms with Gasteiger partial charge in [0.15, 0.2) is 0 Å². The van der Waals surface area contributed by atoms with Gasteiger partial charge in [0.2, 0.25) is 0 Å². The number of nitrogens with zero attached hydrogens (tertiary/aromatic N) is 1. The summed E-state index contributed by atoms with van der Waals surface area (Å²) in [6.07, 6.45) is 0.202. The largest absolute Gasteiger partial charge is 0.481 e. The van der Waals surface area contributed by atoms with Crippen LogP contribution >= 0.6 is 11.8 Å². The molecule has 0 saturated carbocycles. The van der Waals surface area contributed by atoms with Crippen molar-refractivity contribution in [1.82, 2.24) is 4.90 Å². The van der Waals surface area contributed by atoms with Gasteiger partial charge in [0.05, 0.1) is 6.42 Å². The molecule has 0 aliphatic carbocycles. The van der Waals surface area contributed by atoms with Crippen LogP contribution in [-0.2, 0) is 4.79 Å². The Morgan fingerprint density at radius 2 is 1.84 bits per heavy atom. The van der Waals surface area contributed by atoms with Crippen LogP contribution in [0.1, 0.15) is 27.2 Å². The van der Waals surface area contributed by atoms with Gasteiger partial charge in [-0.1, -0.05) is 18.2 Å². The van der Waals surface area contributed by atoms with Gasteiger partial charge >= 0.3 is 5.97 Å². The molecule has 0 saturated heterocycles. The van der Waals surface area contributed by atoms with E-state index in [0.29, 0.717) is 6.54 Å². The van der Waals surface area contributed by atoms with Gasteiger partial charge in [0, 0.05) is 29.3 Å². The molecule has 0 atom stereocenters. The molecule has 1 aromatic carbocycles. The maximum atomic E-state index is 10.7. The zero-order chi connectivity index (χ0) is 14.3. The van der Waals surface area contributed by atoms with E-state index in [1.54, 1.807) is 0 Å². The van der Waals surface area contributed by atoms with Gasteiger partial charge in [-0.2, -0.15) is 0 Å². The number of thioether (sulfide) groups is 1. The molecule has 0 spiro atoms. The third kappa shape index (κ3) is 6.64. The molecule has 0 aromatic heterocycles. The predicted octanol–water partition coefficient (Wildman–Crippen LogP) is 3.35. The maximum absolute atomic E-state index is 10.7. The average Bonchev–Trinajstić information content (AvgIpc) is 2.33. The molecule has 4 heteroatoms. The van der Waals surface area contributed by atoms with Crippen molar-refractivity contribution >= 4 is 17.7 Å². The SMILES string of the molecule is CC(C)(C)N(CCSc1ccccc1)CCC(=O)O. The minimum atomic E-state index is -0.732. The summed E-state index contributed by atoms with van der Waals surface area (Å²) in [4.78, 5) is 14.2. The third-order valence-corrected chi connectivity index (χ3v) is 3.91. The molecule has 0 fully saturated rings. The normalized spacial score (nSPS) is 11.8. The first-order valence-electron chi connectivity index (χ1n) is 6.54. The molecule has 106 valence electrons. The minimum Gasteiger partial charge on any atom is -0.481 e. The second kappa shape index (κ2) is 7.56. The van der Waals surface area contributed by atoms with E-state index in [9.17, 15) is 4.79 Å². The summed E-state index contributed by atoms with van der Waals surface area (Å²) in [5.74, 6) is 0.242. The van der Waals surface area contributed by atoms with Gasteiger partial charge in [-0.25, -0.2) is 0 Å². The van der Waals surface area contributed by atoms with Crippen molar-refractivity contribution in [1.29, 1.82) is 0 Å². The van der Waals surface area contributed by atoms with E-state index in [1.807, 2.05) is 30.0 Å². The second-order valence-corrected chi connectivity index (χ2v) is 6.63. The van der Waals surface area contributed by atoms with Gasteiger partial charge in [-0.15, -0.1) is 11.8 Å². The fourth-order valence-electron chi connectivity index (χ4n) is 1.80. The molecule has 0 amide bonds. The zero-order valence-corrected chi connectivity index (χ0v) is 12.7. The van der Waals surface area contributed by atoms with Crippen LogP contribution in [0.3, 0.4) is 0 Å². The molecule has 0 unspecified atom stereocenters. The van der Waals surface area contributed by atoms with Gasteiger partial charge < -0.3 is 5.11 Å². The number of hydrogen-bond donors (Lipinski definition) is 1. The van der Waals surface area contributed by atoms with Crippen molar-refractivity contribution < 1.29 is 9.90 Å². The van der Waals surface area contributed by atoms with Gasteiger partial charge in [-0.05, 0) is 32.9 Å². The molecule has 1 aromatic rings. The fraction of sp³-hybridized carbons (Fsp3) is 0.533. The number of aliphatic carboxylic acids is 1. The lowest BCUT2D eigenvalue weighted by Crippen LogP contribution is -2.43. The first-order chi connectivity index (χ1) is 8.89. The second-order valence-electron chi connectivity index (χ2n) is 5.46. The van der Waals surface area contributed by atoms with Gasteiger partial charge in [0.1, 0.15) is 0 Å². The molecule has 1 N–H and O–H groups in total. The van der Waals surface area contributed by atoms with Crippen molar-refractivity contribution in [2.75, 3.05) is 18.8 Å². The lowest BCUT2D eigenvalue weighted by molar-refractivity contribution is -0.137. The number of carbonyl (C=O) groups is 1. The zero-order valence-electron chi connectivity index (χ0n) is 11.9. The number of carboxylic acid groups (broad SMARTS) is 1. The van der Waals surface area contributed by atoms with Crippen molar-refractivity contribution in [3.63, 3.8) is 0 Å². The standard InChI is InChI=1S/C15H23NO2S/c1-15(2,3)16(10-9-14(17)18)11-12-19-13-7-5-4-6-8-13/h4-8H,9-12H2,1-3H3,(H,17,18). The molecular formula is C15H23NO2S. The van der Waals surface area contributed by atoms with E-state index in [1.165, 1.54) is 4.90 Å². The molecule has 0 aliphatic heterocycles. The number of carboxylic acids is 1. The van der Waals surface area contributed by atoms with Crippen molar-refractivity contribution in [3.05, 3.63) is 30.3 Å². The van der Waals surface area contributed by atoms with Crippen LogP contribution < -0.4 is 0 Å². The summed E-state index contributed by atoms with van der Waals surface area (Å²) in [5, 5.41) is 8.80. The van der Waals surface area contributed by atoms with E-state index >= 15 is 0 Å². The summed E-state index contributed by atoms with van der Waals surface area (Å²) < 4.78 is 0. The third-order valence-electron chi connectivity index (χ3n) is 2.92. The van der Waals surface area contributed by atoms with Crippen LogP contribution in [0.4, 0.5) is 0 Å². The molecule has 0 heterocycles. The van der Waals surface area contributed by atoms with Crippen LogP contribution in [0.5, 0.6) is 0 Å². The first-order valence-corrected chi connectivity index (χ1v) is 7.53. The Bertz CT molecular complexity index is 387. The van der Waals surface area contributed by atoms with Gasteiger partial charge in [-0.3, -0.25) is 9.69 Å². The first kappa shape index (κ1) is 16.1. The molecule has 0 radical (unpaired) electrons. The maximum Gasteiger partial charge on any atom is 0.304 e. The van der Waals surface area contributed by atoms with Crippen LogP contribution in [0.2, 0.25) is 0 Å². The Morgan fingerprint density at radius 1 is 1.21 bits per heavy atom. The van der Waals surface area contributed by atoms with Gasteiger partial charge in [0.25, 0.3) is 0 Å². The summed E-state index contributed by atoms with van der Waals surface area (Å²) in [7, 11) is 0. The van der Waals surface area contributed by atoms with Crippen LogP contribution in [0.25, 0.3) is 0 Å². The number of hydrogen-bond acceptors (Lipinski definition) is 3. The molecule has 19 heavy (non-hydrogen) atoms. The van der Waals surface area contributed by atoms with E-state index in [-0.39, 0.29) is 12.0 Å². The van der Waals surface area contributed by atoms with Crippen molar-refractivity contribution in [2.24, 2.45) is 0 Å². The topological polar surface area (TPSA) is 40.5 Å². The van der Waals surface area contributed by atoms with Crippen LogP contribution in [0.15, 0.2) is 35.2 Å². The summed E-state index contributed by atoms with van der Waals surface area (Å²) >= 11 is 1.81. The highest BCUT2D eigenvalue weighted by Gasteiger charge is 2.21. The Hall–Kier alpha value is -1.00. The van der Waals surface area contributed by atoms with E-state index < -0.39 is 5.97 Å². The lowest BCUT2D eigenvalue weighted by Gasteiger charge is -2.35. The Labute approximate surface area is 120 Å². The predicted molar refractivity (Wildman–Crippen MR) is 80.7 cm³/mol. The highest BCUT2D eigenvalue weighted by atomic mass is 32.2. The molecule has 0 bridgehead atoms. The molecule has 3 nitrogen and oxygen atoms in total. The summed E-state index contributed by atoms with van der Waals surface area (Å²) in [6.45, 7) is 7.89. The molecule has 0 aliphatic rings. The lowest BCUT2D eigenvalue weighted by atomic mass is 10.1. The van der Waals surface area contributed by atoms with Crippen LogP contribution in [-0.4, -0.2) is 40.4 Å². The van der Waals surface area contributed by atoms with E-state index in [0.717, 1.165) is 12.3 Å². The minimum absolute atomic E-state index is 0.00664. The highest BCUT2D eigenvalue weighted by molar-refractivity contribution is 7.99. The monoisotopic (exact) mass is 281 g/mol. The number of rotatable bonds is 7. The van der Waals surface area contributed by atoms with Crippen LogP contribution in [0, 0.1) is 0 Å². The highest BCUT2D eigenvalue weighted by Crippen LogP contribution is 2.19. The van der Waals surface area contributed by atoms with Crippen molar-refractivity contribution in [2.45, 2.75) is 37.6 Å². The summed E-state index contributed by atoms with van der Waals surface area (Å²) in [5.41, 5.74) is 0.00664. The van der Waals surface area contributed by atoms with E-state index in [4.69, 9.17) is 5.11 Å². The Morgan fingerprint density at radius 3 is 2.37 bits per heavy atom. The molecule has 1 rings (SSSR count). The number of benzene rings is 1. The van der Waals surface area contributed by atoms with Crippen molar-refractivity contribution in [3.8, 4) is 0 Å². The Kier molecular flexibility index (Phi) is 6.38. The quantitative estimate of drug-likeness (QED) is 0.778. The molecular weight excluding hydrogens is 258 g/mol.